The summed E-state index contributed by atoms with van der Waals surface area (Å²) in [7, 11) is 0. The first-order chi connectivity index (χ1) is 15.0. The van der Waals surface area contributed by atoms with Crippen LogP contribution in [0.25, 0.3) is 5.65 Å². The van der Waals surface area contributed by atoms with Crippen molar-refractivity contribution in [1.29, 1.82) is 0 Å². The van der Waals surface area contributed by atoms with Gasteiger partial charge in [0.25, 0.3) is 0 Å². The molecule has 0 bridgehead atoms. The molecule has 9 heteroatoms. The van der Waals surface area contributed by atoms with Gasteiger partial charge < -0.3 is 15.4 Å². The monoisotopic (exact) mass is 458 g/mol. The molecule has 2 aliphatic rings. The van der Waals surface area contributed by atoms with Gasteiger partial charge in [-0.1, -0.05) is 23.4 Å². The van der Waals surface area contributed by atoms with Gasteiger partial charge in [0.15, 0.2) is 5.65 Å². The number of imidazole rings is 1. The number of aryl methyl sites for hydroxylation is 1. The lowest BCUT2D eigenvalue weighted by molar-refractivity contribution is 0.0967. The molecule has 0 amide bonds. The molecule has 1 spiro atoms. The summed E-state index contributed by atoms with van der Waals surface area (Å²) in [5.74, 6) is 1.36. The number of pyridine rings is 1. The van der Waals surface area contributed by atoms with E-state index in [0.29, 0.717) is 17.5 Å². The summed E-state index contributed by atoms with van der Waals surface area (Å²) in [6.07, 6.45) is 9.87. The second kappa shape index (κ2) is 8.24. The fourth-order valence-corrected chi connectivity index (χ4v) is 6.22. The Labute approximate surface area is 191 Å². The van der Waals surface area contributed by atoms with E-state index >= 15 is 0 Å². The Balaban J connectivity index is 1.40. The zero-order valence-electron chi connectivity index (χ0n) is 17.8. The average Bonchev–Trinajstić information content (AvgIpc) is 3.38. The maximum absolute atomic E-state index is 6.46. The molecule has 3 aromatic heterocycles. The van der Waals surface area contributed by atoms with Crippen molar-refractivity contribution in [3.05, 3.63) is 41.6 Å². The third-order valence-electron chi connectivity index (χ3n) is 6.90. The van der Waals surface area contributed by atoms with Gasteiger partial charge in [0, 0.05) is 54.1 Å². The Kier molecular flexibility index (Phi) is 5.58. The molecule has 5 rings (SSSR count). The number of anilines is 1. The van der Waals surface area contributed by atoms with Crippen molar-refractivity contribution in [3.63, 3.8) is 0 Å². The van der Waals surface area contributed by atoms with Crippen LogP contribution in [0.3, 0.4) is 0 Å². The highest BCUT2D eigenvalue weighted by Crippen LogP contribution is 2.46. The number of hydrogen-bond acceptors (Lipinski definition) is 7. The van der Waals surface area contributed by atoms with Crippen molar-refractivity contribution in [1.82, 2.24) is 19.4 Å². The van der Waals surface area contributed by atoms with E-state index in [2.05, 4.69) is 26.2 Å². The van der Waals surface area contributed by atoms with Gasteiger partial charge in [-0.25, -0.2) is 9.97 Å². The van der Waals surface area contributed by atoms with Crippen molar-refractivity contribution >= 4 is 35.0 Å². The van der Waals surface area contributed by atoms with Crippen LogP contribution in [0, 0.1) is 18.3 Å². The molecule has 3 aromatic rings. The smallest absolute Gasteiger partial charge is 0.211 e. The van der Waals surface area contributed by atoms with Gasteiger partial charge in [0.1, 0.15) is 0 Å². The molecule has 0 aliphatic carbocycles. The minimum absolute atomic E-state index is 0.199. The van der Waals surface area contributed by atoms with E-state index in [-0.39, 0.29) is 11.5 Å². The van der Waals surface area contributed by atoms with Crippen LogP contribution in [0.5, 0.6) is 0 Å². The standard InChI is InChI=1S/C22H27ClN6OS/c1-14-19(23)17(3-6-25-14)31-18-12-27-21(29-10-7-26-20(18)29)28-8-4-22(5-9-28)13-30-15(2)16(22)11-24/h3,6-7,10,12,15-16H,4-5,8-9,11,13,24H2,1-2H3/t15-,16?/m0/s1. The van der Waals surface area contributed by atoms with E-state index in [1.165, 1.54) is 0 Å². The second-order valence-corrected chi connectivity index (χ2v) is 10.0. The van der Waals surface area contributed by atoms with Crippen molar-refractivity contribution in [2.45, 2.75) is 42.6 Å². The largest absolute Gasteiger partial charge is 0.378 e. The number of halogens is 1. The van der Waals surface area contributed by atoms with Crippen molar-refractivity contribution in [2.75, 3.05) is 31.1 Å². The molecule has 0 radical (unpaired) electrons. The molecule has 7 nitrogen and oxygen atoms in total. The molecule has 2 aliphatic heterocycles. The van der Waals surface area contributed by atoms with Gasteiger partial charge >= 0.3 is 0 Å². The summed E-state index contributed by atoms with van der Waals surface area (Å²) in [5.41, 5.74) is 8.01. The Hall–Kier alpha value is -1.87. The topological polar surface area (TPSA) is 81.6 Å². The van der Waals surface area contributed by atoms with Crippen LogP contribution in [0.4, 0.5) is 5.95 Å². The second-order valence-electron chi connectivity index (χ2n) is 8.56. The van der Waals surface area contributed by atoms with E-state index in [4.69, 9.17) is 27.1 Å². The van der Waals surface area contributed by atoms with Crippen LogP contribution in [0.15, 0.2) is 40.6 Å². The number of aromatic nitrogens is 4. The number of nitrogens with zero attached hydrogens (tertiary/aromatic N) is 5. The van der Waals surface area contributed by atoms with E-state index in [9.17, 15) is 0 Å². The zero-order valence-corrected chi connectivity index (χ0v) is 19.4. The minimum Gasteiger partial charge on any atom is -0.378 e. The van der Waals surface area contributed by atoms with Gasteiger partial charge in [0.05, 0.1) is 28.3 Å². The summed E-state index contributed by atoms with van der Waals surface area (Å²) < 4.78 is 8.07. The van der Waals surface area contributed by atoms with Crippen LogP contribution < -0.4 is 10.6 Å². The summed E-state index contributed by atoms with van der Waals surface area (Å²) in [6.45, 7) is 7.45. The van der Waals surface area contributed by atoms with Crippen LogP contribution in [-0.2, 0) is 4.74 Å². The molecule has 31 heavy (non-hydrogen) atoms. The van der Waals surface area contributed by atoms with Gasteiger partial charge in [-0.15, -0.1) is 0 Å². The SMILES string of the molecule is Cc1nccc(Sc2cnc(N3CCC4(CC3)CO[C@@H](C)C4CN)n3ccnc23)c1Cl. The summed E-state index contributed by atoms with van der Waals surface area (Å²) >= 11 is 8.03. The summed E-state index contributed by atoms with van der Waals surface area (Å²) in [5, 5.41) is 0.671. The lowest BCUT2D eigenvalue weighted by Crippen LogP contribution is -2.47. The normalized spacial score (nSPS) is 23.2. The Morgan fingerprint density at radius 2 is 2.03 bits per heavy atom. The van der Waals surface area contributed by atoms with Crippen LogP contribution >= 0.6 is 23.4 Å². The third-order valence-corrected chi connectivity index (χ3v) is 8.56. The molecule has 164 valence electrons. The maximum atomic E-state index is 6.46. The molecule has 1 unspecified atom stereocenters. The quantitative estimate of drug-likeness (QED) is 0.636. The maximum Gasteiger partial charge on any atom is 0.211 e. The first-order valence-corrected chi connectivity index (χ1v) is 11.9. The van der Waals surface area contributed by atoms with Crippen molar-refractivity contribution < 1.29 is 4.74 Å². The third kappa shape index (κ3) is 3.59. The molecule has 0 saturated carbocycles. The van der Waals surface area contributed by atoms with Crippen LogP contribution in [0.2, 0.25) is 5.02 Å². The van der Waals surface area contributed by atoms with E-state index < -0.39 is 0 Å². The first kappa shape index (κ1) is 21.0. The highest BCUT2D eigenvalue weighted by molar-refractivity contribution is 7.99. The van der Waals surface area contributed by atoms with Crippen molar-refractivity contribution in [3.8, 4) is 0 Å². The Bertz CT molecular complexity index is 1100. The fraction of sp³-hybridized carbons (Fsp3) is 0.500. The molecular formula is C22H27ClN6OS. The number of piperidine rings is 1. The predicted octanol–water partition coefficient (Wildman–Crippen LogP) is 3.82. The molecule has 2 atom stereocenters. The zero-order chi connectivity index (χ0) is 21.6. The number of ether oxygens (including phenoxy) is 1. The van der Waals surface area contributed by atoms with E-state index in [1.54, 1.807) is 18.0 Å². The Morgan fingerprint density at radius 3 is 2.81 bits per heavy atom. The minimum atomic E-state index is 0.199. The van der Waals surface area contributed by atoms with Crippen LogP contribution in [0.1, 0.15) is 25.5 Å². The van der Waals surface area contributed by atoms with Gasteiger partial charge in [-0.05, 0) is 39.3 Å². The van der Waals surface area contributed by atoms with Gasteiger partial charge in [-0.2, -0.15) is 0 Å². The summed E-state index contributed by atoms with van der Waals surface area (Å²) in [4.78, 5) is 18.0. The molecular weight excluding hydrogens is 432 g/mol. The number of hydrogen-bond donors (Lipinski definition) is 1. The summed E-state index contributed by atoms with van der Waals surface area (Å²) in [6, 6.07) is 1.93. The highest BCUT2D eigenvalue weighted by Gasteiger charge is 2.48. The highest BCUT2D eigenvalue weighted by atomic mass is 35.5. The number of rotatable bonds is 4. The average molecular weight is 459 g/mol. The Morgan fingerprint density at radius 1 is 1.23 bits per heavy atom. The van der Waals surface area contributed by atoms with Crippen LogP contribution in [-0.4, -0.2) is 51.7 Å². The van der Waals surface area contributed by atoms with Crippen molar-refractivity contribution in [2.24, 2.45) is 17.1 Å². The fourth-order valence-electron chi connectivity index (χ4n) is 5.04. The lowest BCUT2D eigenvalue weighted by Gasteiger charge is -2.42. The molecule has 0 aromatic carbocycles. The molecule has 2 N–H and O–H groups in total. The number of fused-ring (bicyclic) bond motifs is 1. The van der Waals surface area contributed by atoms with E-state index in [1.807, 2.05) is 31.6 Å². The molecule has 5 heterocycles. The van der Waals surface area contributed by atoms with Gasteiger partial charge in [-0.3, -0.25) is 9.38 Å². The van der Waals surface area contributed by atoms with Gasteiger partial charge in [0.2, 0.25) is 5.95 Å². The lowest BCUT2D eigenvalue weighted by atomic mass is 9.69. The first-order valence-electron chi connectivity index (χ1n) is 10.7. The van der Waals surface area contributed by atoms with E-state index in [0.717, 1.165) is 59.6 Å². The predicted molar refractivity (Wildman–Crippen MR) is 123 cm³/mol. The molecule has 2 saturated heterocycles. The molecule has 2 fully saturated rings. The number of nitrogens with two attached hydrogens (primary N) is 1.